The summed E-state index contributed by atoms with van der Waals surface area (Å²) in [5.41, 5.74) is 2.66. The topological polar surface area (TPSA) is 46.6 Å². The lowest BCUT2D eigenvalue weighted by Crippen LogP contribution is -2.33. The van der Waals surface area contributed by atoms with Gasteiger partial charge in [-0.1, -0.05) is 48.0 Å². The molecule has 0 N–H and O–H groups in total. The van der Waals surface area contributed by atoms with E-state index in [1.807, 2.05) is 68.4 Å². The Morgan fingerprint density at radius 1 is 0.889 bits per heavy atom. The minimum absolute atomic E-state index is 0.228. The van der Waals surface area contributed by atoms with Gasteiger partial charge in [0.15, 0.2) is 0 Å². The first-order valence-corrected chi connectivity index (χ1v) is 10.2. The molecule has 0 aliphatic heterocycles. The molecular formula is C22H23NO3S. The van der Waals surface area contributed by atoms with Crippen molar-refractivity contribution in [2.24, 2.45) is 0 Å². The zero-order valence-corrected chi connectivity index (χ0v) is 16.5. The molecular weight excluding hydrogens is 358 g/mol. The standard InChI is InChI=1S/C22H23NO3S/c1-17-8-7-9-19(16-17)18(2)23(20-10-5-4-6-11-20)27(24,25)22-14-12-21(26-3)13-15-22/h4-16,18H,1-3H3/t18-/m1/s1. The van der Waals surface area contributed by atoms with Gasteiger partial charge in [-0.3, -0.25) is 4.31 Å². The first-order chi connectivity index (χ1) is 12.9. The number of methoxy groups -OCH3 is 1. The maximum absolute atomic E-state index is 13.5. The van der Waals surface area contributed by atoms with Gasteiger partial charge < -0.3 is 4.74 Å². The van der Waals surface area contributed by atoms with Crippen LogP contribution in [0.4, 0.5) is 5.69 Å². The van der Waals surface area contributed by atoms with E-state index in [4.69, 9.17) is 4.74 Å². The maximum Gasteiger partial charge on any atom is 0.264 e. The van der Waals surface area contributed by atoms with Crippen molar-refractivity contribution in [1.29, 1.82) is 0 Å². The third-order valence-corrected chi connectivity index (χ3v) is 6.42. The van der Waals surface area contributed by atoms with Gasteiger partial charge in [0.25, 0.3) is 10.0 Å². The average molecular weight is 381 g/mol. The van der Waals surface area contributed by atoms with E-state index in [9.17, 15) is 8.42 Å². The number of nitrogens with zero attached hydrogens (tertiary/aromatic N) is 1. The Morgan fingerprint density at radius 3 is 2.15 bits per heavy atom. The zero-order chi connectivity index (χ0) is 19.4. The molecule has 5 heteroatoms. The smallest absolute Gasteiger partial charge is 0.264 e. The van der Waals surface area contributed by atoms with Crippen LogP contribution in [0.25, 0.3) is 0 Å². The highest BCUT2D eigenvalue weighted by atomic mass is 32.2. The van der Waals surface area contributed by atoms with Gasteiger partial charge in [-0.25, -0.2) is 8.42 Å². The summed E-state index contributed by atoms with van der Waals surface area (Å²) >= 11 is 0. The summed E-state index contributed by atoms with van der Waals surface area (Å²) in [5, 5.41) is 0. The molecule has 0 radical (unpaired) electrons. The van der Waals surface area contributed by atoms with E-state index in [0.29, 0.717) is 11.4 Å². The second-order valence-electron chi connectivity index (χ2n) is 6.40. The van der Waals surface area contributed by atoms with Crippen molar-refractivity contribution >= 4 is 15.7 Å². The van der Waals surface area contributed by atoms with Gasteiger partial charge in [-0.05, 0) is 55.8 Å². The fourth-order valence-electron chi connectivity index (χ4n) is 3.07. The van der Waals surface area contributed by atoms with Crippen LogP contribution in [0, 0.1) is 6.92 Å². The lowest BCUT2D eigenvalue weighted by atomic mass is 10.1. The molecule has 1 atom stereocenters. The summed E-state index contributed by atoms with van der Waals surface area (Å²) in [4.78, 5) is 0.228. The van der Waals surface area contributed by atoms with Gasteiger partial charge >= 0.3 is 0 Å². The van der Waals surface area contributed by atoms with Crippen LogP contribution in [0.2, 0.25) is 0 Å². The van der Waals surface area contributed by atoms with Crippen molar-refractivity contribution in [2.75, 3.05) is 11.4 Å². The van der Waals surface area contributed by atoms with Crippen LogP contribution in [0.1, 0.15) is 24.1 Å². The van der Waals surface area contributed by atoms with Gasteiger partial charge in [0.1, 0.15) is 5.75 Å². The lowest BCUT2D eigenvalue weighted by Gasteiger charge is -2.31. The molecule has 27 heavy (non-hydrogen) atoms. The average Bonchev–Trinajstić information content (AvgIpc) is 2.69. The van der Waals surface area contributed by atoms with Gasteiger partial charge in [-0.2, -0.15) is 0 Å². The minimum atomic E-state index is -3.76. The summed E-state index contributed by atoms with van der Waals surface area (Å²) in [7, 11) is -2.21. The van der Waals surface area contributed by atoms with E-state index in [-0.39, 0.29) is 10.9 Å². The summed E-state index contributed by atoms with van der Waals surface area (Å²) in [5.74, 6) is 0.618. The molecule has 4 nitrogen and oxygen atoms in total. The van der Waals surface area contributed by atoms with E-state index in [0.717, 1.165) is 11.1 Å². The molecule has 140 valence electrons. The Balaban J connectivity index is 2.11. The molecule has 0 fully saturated rings. The highest BCUT2D eigenvalue weighted by Crippen LogP contribution is 2.33. The molecule has 0 saturated heterocycles. The van der Waals surface area contributed by atoms with E-state index >= 15 is 0 Å². The summed E-state index contributed by atoms with van der Waals surface area (Å²) in [6.45, 7) is 3.91. The van der Waals surface area contributed by atoms with Gasteiger partial charge in [-0.15, -0.1) is 0 Å². The number of rotatable bonds is 6. The van der Waals surface area contributed by atoms with Crippen LogP contribution >= 0.6 is 0 Å². The summed E-state index contributed by atoms with van der Waals surface area (Å²) < 4.78 is 33.7. The first-order valence-electron chi connectivity index (χ1n) is 8.73. The van der Waals surface area contributed by atoms with Crippen LogP contribution in [0.5, 0.6) is 5.75 Å². The highest BCUT2D eigenvalue weighted by Gasteiger charge is 2.30. The van der Waals surface area contributed by atoms with Crippen LogP contribution in [-0.2, 0) is 10.0 Å². The van der Waals surface area contributed by atoms with Crippen molar-refractivity contribution in [3.8, 4) is 5.75 Å². The molecule has 0 spiro atoms. The van der Waals surface area contributed by atoms with E-state index in [1.165, 1.54) is 4.31 Å². The molecule has 3 aromatic carbocycles. The van der Waals surface area contributed by atoms with Gasteiger partial charge in [0.05, 0.1) is 23.7 Å². The number of hydrogen-bond donors (Lipinski definition) is 0. The predicted octanol–water partition coefficient (Wildman–Crippen LogP) is 4.96. The number of para-hydroxylation sites is 1. The SMILES string of the molecule is COc1ccc(S(=O)(=O)N(c2ccccc2)[C@H](C)c2cccc(C)c2)cc1. The lowest BCUT2D eigenvalue weighted by molar-refractivity contribution is 0.414. The largest absolute Gasteiger partial charge is 0.497 e. The molecule has 0 aliphatic rings. The molecule has 3 rings (SSSR count). The molecule has 3 aromatic rings. The Labute approximate surface area is 161 Å². The molecule has 0 aliphatic carbocycles. The van der Waals surface area contributed by atoms with Crippen molar-refractivity contribution < 1.29 is 13.2 Å². The van der Waals surface area contributed by atoms with Crippen LogP contribution in [0.15, 0.2) is 83.8 Å². The van der Waals surface area contributed by atoms with Crippen molar-refractivity contribution in [2.45, 2.75) is 24.8 Å². The molecule has 0 bridgehead atoms. The quantitative estimate of drug-likeness (QED) is 0.606. The predicted molar refractivity (Wildman–Crippen MR) is 109 cm³/mol. The monoisotopic (exact) mass is 381 g/mol. The number of benzene rings is 3. The third-order valence-electron chi connectivity index (χ3n) is 4.50. The number of ether oxygens (including phenoxy) is 1. The third kappa shape index (κ3) is 3.98. The van der Waals surface area contributed by atoms with Crippen LogP contribution in [0.3, 0.4) is 0 Å². The minimum Gasteiger partial charge on any atom is -0.497 e. The number of aryl methyl sites for hydroxylation is 1. The van der Waals surface area contributed by atoms with Crippen molar-refractivity contribution in [3.05, 3.63) is 90.0 Å². The Bertz CT molecular complexity index is 999. The van der Waals surface area contributed by atoms with Gasteiger partial charge in [0, 0.05) is 0 Å². The van der Waals surface area contributed by atoms with Crippen molar-refractivity contribution in [1.82, 2.24) is 0 Å². The molecule has 0 saturated carbocycles. The second kappa shape index (κ2) is 7.84. The second-order valence-corrected chi connectivity index (χ2v) is 8.22. The highest BCUT2D eigenvalue weighted by molar-refractivity contribution is 7.92. The molecule has 0 aromatic heterocycles. The van der Waals surface area contributed by atoms with Gasteiger partial charge in [0.2, 0.25) is 0 Å². The Morgan fingerprint density at radius 2 is 1.56 bits per heavy atom. The molecule has 0 unspecified atom stereocenters. The number of sulfonamides is 1. The van der Waals surface area contributed by atoms with E-state index < -0.39 is 10.0 Å². The van der Waals surface area contributed by atoms with E-state index in [2.05, 4.69) is 0 Å². The fraction of sp³-hybridized carbons (Fsp3) is 0.182. The first kappa shape index (κ1) is 19.0. The maximum atomic E-state index is 13.5. The normalized spacial score (nSPS) is 12.4. The summed E-state index contributed by atoms with van der Waals surface area (Å²) in [6.07, 6.45) is 0. The zero-order valence-electron chi connectivity index (χ0n) is 15.7. The number of anilines is 1. The fourth-order valence-corrected chi connectivity index (χ4v) is 4.72. The number of hydrogen-bond acceptors (Lipinski definition) is 3. The van der Waals surface area contributed by atoms with Crippen LogP contribution in [-0.4, -0.2) is 15.5 Å². The summed E-state index contributed by atoms with van der Waals surface area (Å²) in [6, 6.07) is 23.2. The van der Waals surface area contributed by atoms with Crippen LogP contribution < -0.4 is 9.04 Å². The molecule has 0 heterocycles. The van der Waals surface area contributed by atoms with E-state index in [1.54, 1.807) is 31.4 Å². The molecule has 0 amide bonds. The Hall–Kier alpha value is -2.79. The van der Waals surface area contributed by atoms with Crippen molar-refractivity contribution in [3.63, 3.8) is 0 Å². The Kier molecular flexibility index (Phi) is 5.51.